The Morgan fingerprint density at radius 2 is 1.91 bits per heavy atom. The normalized spacial score (nSPS) is 16.7. The number of ether oxygens (including phenoxy) is 1. The number of aromatic amines is 1. The topological polar surface area (TPSA) is 108 Å². The van der Waals surface area contributed by atoms with Crippen molar-refractivity contribution in [1.29, 1.82) is 0 Å². The van der Waals surface area contributed by atoms with Gasteiger partial charge in [0.1, 0.15) is 36.1 Å². The van der Waals surface area contributed by atoms with Crippen molar-refractivity contribution in [2.24, 2.45) is 5.92 Å². The van der Waals surface area contributed by atoms with Crippen molar-refractivity contribution in [1.82, 2.24) is 20.2 Å². The maximum atomic E-state index is 14.6. The van der Waals surface area contributed by atoms with Crippen molar-refractivity contribution in [2.75, 3.05) is 13.2 Å². The van der Waals surface area contributed by atoms with E-state index in [1.165, 1.54) is 11.0 Å². The van der Waals surface area contributed by atoms with Crippen LogP contribution >= 0.6 is 15.9 Å². The van der Waals surface area contributed by atoms with Crippen LogP contribution in [0.3, 0.4) is 0 Å². The molecular weight excluding hydrogens is 519 g/mol. The highest BCUT2D eigenvalue weighted by Crippen LogP contribution is 2.36. The molecule has 10 heteroatoms. The number of imidazole rings is 1. The van der Waals surface area contributed by atoms with Crippen molar-refractivity contribution < 1.29 is 23.8 Å². The van der Waals surface area contributed by atoms with Gasteiger partial charge in [0, 0.05) is 15.7 Å². The zero-order valence-electron chi connectivity index (χ0n) is 19.5. The molecule has 2 heterocycles. The highest BCUT2D eigenvalue weighted by Gasteiger charge is 2.45. The van der Waals surface area contributed by atoms with Crippen molar-refractivity contribution in [2.45, 2.75) is 32.9 Å². The Morgan fingerprint density at radius 3 is 2.54 bits per heavy atom. The minimum Gasteiger partial charge on any atom is -0.491 e. The number of urea groups is 1. The molecule has 4 rings (SSSR count). The number of aryl methyl sites for hydroxylation is 1. The Balaban J connectivity index is 1.63. The van der Waals surface area contributed by atoms with Gasteiger partial charge in [-0.2, -0.15) is 0 Å². The molecule has 3 N–H and O–H groups in total. The quantitative estimate of drug-likeness (QED) is 0.358. The van der Waals surface area contributed by atoms with E-state index in [2.05, 4.69) is 31.2 Å². The first-order chi connectivity index (χ1) is 16.7. The molecule has 0 bridgehead atoms. The Hall–Kier alpha value is -3.24. The molecular formula is C25H26BrFN4O4. The lowest BCUT2D eigenvalue weighted by molar-refractivity contribution is -0.130. The summed E-state index contributed by atoms with van der Waals surface area (Å²) in [5.74, 6) is -0.0286. The zero-order chi connectivity index (χ0) is 25.3. The molecule has 0 aliphatic carbocycles. The number of rotatable bonds is 8. The van der Waals surface area contributed by atoms with Crippen LogP contribution in [0.25, 0.3) is 11.3 Å². The van der Waals surface area contributed by atoms with Crippen molar-refractivity contribution >= 4 is 27.9 Å². The second kappa shape index (κ2) is 10.2. The highest BCUT2D eigenvalue weighted by molar-refractivity contribution is 9.10. The molecule has 3 aromatic rings. The lowest BCUT2D eigenvalue weighted by atomic mass is 10.0. The van der Waals surface area contributed by atoms with Gasteiger partial charge < -0.3 is 20.1 Å². The number of aromatic nitrogens is 2. The average molecular weight is 545 g/mol. The van der Waals surface area contributed by atoms with E-state index in [1.807, 2.05) is 13.8 Å². The van der Waals surface area contributed by atoms with Crippen LogP contribution in [0.1, 0.15) is 43.0 Å². The van der Waals surface area contributed by atoms with E-state index in [-0.39, 0.29) is 19.1 Å². The number of H-pyrrole nitrogens is 1. The van der Waals surface area contributed by atoms with E-state index >= 15 is 0 Å². The number of imide groups is 1. The molecule has 1 aromatic heterocycles. The van der Waals surface area contributed by atoms with Crippen molar-refractivity contribution in [3.8, 4) is 17.0 Å². The van der Waals surface area contributed by atoms with E-state index < -0.39 is 29.8 Å². The summed E-state index contributed by atoms with van der Waals surface area (Å²) in [4.78, 5) is 35.4. The third kappa shape index (κ3) is 4.94. The summed E-state index contributed by atoms with van der Waals surface area (Å²) < 4.78 is 20.6. The SMILES string of the molecule is Cc1[nH]c([C@H](C(C)C)N2C(=O)N[C@H](c3ccc(OCCO)cc3)C2=O)nc1-c1ccc(Br)cc1F. The van der Waals surface area contributed by atoms with Crippen LogP contribution in [0.4, 0.5) is 9.18 Å². The molecule has 184 valence electrons. The van der Waals surface area contributed by atoms with Crippen LogP contribution in [-0.2, 0) is 4.79 Å². The molecule has 2 aromatic carbocycles. The summed E-state index contributed by atoms with van der Waals surface area (Å²) in [5, 5.41) is 11.7. The largest absolute Gasteiger partial charge is 0.491 e. The van der Waals surface area contributed by atoms with Crippen LogP contribution in [0.15, 0.2) is 46.9 Å². The predicted molar refractivity (Wildman–Crippen MR) is 131 cm³/mol. The molecule has 35 heavy (non-hydrogen) atoms. The van der Waals surface area contributed by atoms with Gasteiger partial charge in [0.15, 0.2) is 0 Å². The zero-order valence-corrected chi connectivity index (χ0v) is 21.1. The highest BCUT2D eigenvalue weighted by atomic mass is 79.9. The molecule has 0 unspecified atom stereocenters. The number of nitrogens with zero attached hydrogens (tertiary/aromatic N) is 2. The number of aliphatic hydroxyl groups excluding tert-OH is 1. The lowest BCUT2D eigenvalue weighted by Gasteiger charge is -2.27. The monoisotopic (exact) mass is 544 g/mol. The van der Waals surface area contributed by atoms with Gasteiger partial charge in [-0.1, -0.05) is 41.9 Å². The first-order valence-corrected chi connectivity index (χ1v) is 12.0. The van der Waals surface area contributed by atoms with Gasteiger partial charge in [-0.15, -0.1) is 0 Å². The van der Waals surface area contributed by atoms with Crippen molar-refractivity contribution in [3.63, 3.8) is 0 Å². The van der Waals surface area contributed by atoms with Crippen LogP contribution in [0, 0.1) is 18.7 Å². The van der Waals surface area contributed by atoms with Crippen molar-refractivity contribution in [3.05, 3.63) is 69.8 Å². The summed E-state index contributed by atoms with van der Waals surface area (Å²) in [6.45, 7) is 5.62. The third-order valence-corrected chi connectivity index (χ3v) is 6.32. The maximum absolute atomic E-state index is 14.6. The van der Waals surface area contributed by atoms with Gasteiger partial charge in [0.25, 0.3) is 5.91 Å². The molecule has 1 saturated heterocycles. The Labute approximate surface area is 210 Å². The summed E-state index contributed by atoms with van der Waals surface area (Å²) in [6, 6.07) is 9.45. The number of benzene rings is 2. The fraction of sp³-hybridized carbons (Fsp3) is 0.320. The Bertz CT molecular complexity index is 1240. The lowest BCUT2D eigenvalue weighted by Crippen LogP contribution is -2.38. The number of amides is 3. The summed E-state index contributed by atoms with van der Waals surface area (Å²) in [7, 11) is 0. The van der Waals surface area contributed by atoms with Crippen LogP contribution in [0.2, 0.25) is 0 Å². The Morgan fingerprint density at radius 1 is 1.20 bits per heavy atom. The number of carbonyl (C=O) groups is 2. The fourth-order valence-electron chi connectivity index (χ4n) is 4.21. The molecule has 3 amide bonds. The van der Waals surface area contributed by atoms with Gasteiger partial charge in [-0.05, 0) is 48.7 Å². The predicted octanol–water partition coefficient (Wildman–Crippen LogP) is 4.65. The number of aliphatic hydroxyl groups is 1. The molecule has 1 fully saturated rings. The van der Waals surface area contributed by atoms with Crippen LogP contribution in [-0.4, -0.2) is 45.1 Å². The van der Waals surface area contributed by atoms with E-state index in [0.717, 1.165) is 0 Å². The Kier molecular flexibility index (Phi) is 7.23. The molecule has 1 aliphatic heterocycles. The molecule has 0 saturated carbocycles. The molecule has 2 atom stereocenters. The van der Waals surface area contributed by atoms with Crippen LogP contribution in [0.5, 0.6) is 5.75 Å². The summed E-state index contributed by atoms with van der Waals surface area (Å²) in [5.41, 5.74) is 2.00. The third-order valence-electron chi connectivity index (χ3n) is 5.82. The second-order valence-corrected chi connectivity index (χ2v) is 9.56. The van der Waals surface area contributed by atoms with Gasteiger partial charge >= 0.3 is 6.03 Å². The standard InChI is InChI=1S/C25H26BrFN4O4/c1-13(2)22(23-28-14(3)20(29-23)18-9-6-16(26)12-19(18)27)31-24(33)21(30-25(31)34)15-4-7-17(8-5-15)35-11-10-32/h4-9,12-13,21-22,32H,10-11H2,1-3H3,(H,28,29)(H,30,34)/t21-,22+/m1/s1. The van der Waals surface area contributed by atoms with E-state index in [1.54, 1.807) is 43.3 Å². The first-order valence-electron chi connectivity index (χ1n) is 11.2. The molecule has 8 nitrogen and oxygen atoms in total. The molecule has 1 aliphatic rings. The smallest absolute Gasteiger partial charge is 0.325 e. The fourth-order valence-corrected chi connectivity index (χ4v) is 4.54. The number of carbonyl (C=O) groups excluding carboxylic acids is 2. The second-order valence-electron chi connectivity index (χ2n) is 8.64. The number of halogens is 2. The summed E-state index contributed by atoms with van der Waals surface area (Å²) in [6.07, 6.45) is 0. The summed E-state index contributed by atoms with van der Waals surface area (Å²) >= 11 is 3.26. The minimum absolute atomic E-state index is 0.104. The number of hydrogen-bond donors (Lipinski definition) is 3. The minimum atomic E-state index is -0.852. The van der Waals surface area contributed by atoms with Gasteiger partial charge in [0.05, 0.1) is 12.3 Å². The average Bonchev–Trinajstić information content (AvgIpc) is 3.32. The van der Waals surface area contributed by atoms with E-state index in [4.69, 9.17) is 9.84 Å². The van der Waals surface area contributed by atoms with Crippen LogP contribution < -0.4 is 10.1 Å². The van der Waals surface area contributed by atoms with Gasteiger partial charge in [-0.3, -0.25) is 9.69 Å². The van der Waals surface area contributed by atoms with E-state index in [9.17, 15) is 14.0 Å². The van der Waals surface area contributed by atoms with E-state index in [0.29, 0.717) is 38.6 Å². The molecule has 0 radical (unpaired) electrons. The number of nitrogens with one attached hydrogen (secondary N) is 2. The van der Waals surface area contributed by atoms with Gasteiger partial charge in [0.2, 0.25) is 0 Å². The van der Waals surface area contributed by atoms with Gasteiger partial charge in [-0.25, -0.2) is 14.2 Å². The molecule has 0 spiro atoms. The number of hydrogen-bond acceptors (Lipinski definition) is 5. The maximum Gasteiger partial charge on any atom is 0.325 e. The first kappa shape index (κ1) is 24.9.